The quantitative estimate of drug-likeness (QED) is 0.768. The number of halogens is 1. The highest BCUT2D eigenvalue weighted by Crippen LogP contribution is 2.69. The lowest BCUT2D eigenvalue weighted by Gasteiger charge is -2.60. The van der Waals surface area contributed by atoms with Gasteiger partial charge in [-0.2, -0.15) is 0 Å². The van der Waals surface area contributed by atoms with Crippen LogP contribution in [-0.2, 0) is 14.4 Å². The summed E-state index contributed by atoms with van der Waals surface area (Å²) in [5, 5.41) is 20.4. The van der Waals surface area contributed by atoms with Crippen LogP contribution in [0.1, 0.15) is 58.8 Å². The zero-order chi connectivity index (χ0) is 19.8. The summed E-state index contributed by atoms with van der Waals surface area (Å²) < 4.78 is 16.7. The molecule has 6 atom stereocenters. The SMILES string of the molecule is C[C@@]12CCC(=O)C=C1CC[C@@H]1[C@H]3CC[C@@](O)(C(=O)CO)[C@]3(C)CC(=O)[C@]12F. The molecule has 0 radical (unpaired) electrons. The maximum atomic E-state index is 16.7. The maximum Gasteiger partial charge on any atom is 0.190 e. The topological polar surface area (TPSA) is 91.7 Å². The number of hydrogen-bond acceptors (Lipinski definition) is 5. The summed E-state index contributed by atoms with van der Waals surface area (Å²) in [6.45, 7) is 2.68. The average Bonchev–Trinajstić information content (AvgIpc) is 2.88. The van der Waals surface area contributed by atoms with Gasteiger partial charge in [-0.05, 0) is 44.1 Å². The number of allylic oxidation sites excluding steroid dienone is 1. The minimum atomic E-state index is -2.07. The van der Waals surface area contributed by atoms with Gasteiger partial charge in [0.2, 0.25) is 0 Å². The molecule has 3 saturated carbocycles. The van der Waals surface area contributed by atoms with Gasteiger partial charge in [-0.1, -0.05) is 19.4 Å². The van der Waals surface area contributed by atoms with Gasteiger partial charge in [0.15, 0.2) is 23.0 Å². The number of carbonyl (C=O) groups is 3. The molecule has 2 N–H and O–H groups in total. The first kappa shape index (κ1) is 18.9. The van der Waals surface area contributed by atoms with Crippen LogP contribution < -0.4 is 0 Å². The van der Waals surface area contributed by atoms with Crippen LogP contribution in [0.3, 0.4) is 0 Å². The zero-order valence-corrected chi connectivity index (χ0v) is 15.9. The molecule has 0 amide bonds. The third-order valence-electron chi connectivity index (χ3n) is 8.56. The van der Waals surface area contributed by atoms with E-state index >= 15 is 4.39 Å². The number of rotatable bonds is 2. The van der Waals surface area contributed by atoms with Gasteiger partial charge in [0.05, 0.1) is 0 Å². The van der Waals surface area contributed by atoms with Crippen molar-refractivity contribution in [2.45, 2.75) is 70.1 Å². The monoisotopic (exact) mass is 378 g/mol. The summed E-state index contributed by atoms with van der Waals surface area (Å²) in [7, 11) is 0. The van der Waals surface area contributed by atoms with Crippen LogP contribution in [0.4, 0.5) is 4.39 Å². The molecule has 4 rings (SSSR count). The van der Waals surface area contributed by atoms with E-state index in [1.54, 1.807) is 13.8 Å². The second-order valence-electron chi connectivity index (χ2n) is 9.43. The molecule has 0 saturated heterocycles. The van der Waals surface area contributed by atoms with Gasteiger partial charge in [0.25, 0.3) is 0 Å². The van der Waals surface area contributed by atoms with E-state index in [9.17, 15) is 24.6 Å². The van der Waals surface area contributed by atoms with Crippen LogP contribution in [0.5, 0.6) is 0 Å². The number of hydrogen-bond donors (Lipinski definition) is 2. The number of ketones is 3. The fourth-order valence-corrected chi connectivity index (χ4v) is 6.88. The standard InChI is InChI=1S/C21H27FO5/c1-18-7-5-13(24)9-12(18)3-4-15-14-6-8-20(27,17(26)11-23)19(14,2)10-16(25)21(15,18)22/h9,14-15,23,27H,3-8,10-11H2,1-2H3/t14-,15-,18-,19-,20-,21-/m1/s1. The maximum absolute atomic E-state index is 16.7. The van der Waals surface area contributed by atoms with Crippen molar-refractivity contribution in [1.82, 2.24) is 0 Å². The molecule has 5 nitrogen and oxygen atoms in total. The van der Waals surface area contributed by atoms with Crippen molar-refractivity contribution in [3.8, 4) is 0 Å². The van der Waals surface area contributed by atoms with Gasteiger partial charge in [-0.3, -0.25) is 14.4 Å². The van der Waals surface area contributed by atoms with E-state index < -0.39 is 46.2 Å². The molecule has 0 aromatic rings. The van der Waals surface area contributed by atoms with Crippen molar-refractivity contribution in [2.75, 3.05) is 6.61 Å². The van der Waals surface area contributed by atoms with Crippen molar-refractivity contribution >= 4 is 17.3 Å². The summed E-state index contributed by atoms with van der Waals surface area (Å²) in [5.41, 5.74) is -5.19. The van der Waals surface area contributed by atoms with Gasteiger partial charge < -0.3 is 10.2 Å². The van der Waals surface area contributed by atoms with E-state index in [4.69, 9.17) is 0 Å². The summed E-state index contributed by atoms with van der Waals surface area (Å²) in [6.07, 6.45) is 3.46. The number of alkyl halides is 1. The Kier molecular flexibility index (Phi) is 3.91. The number of Topliss-reactive ketones (excluding diaryl/α,β-unsaturated/α-hetero) is 2. The smallest absolute Gasteiger partial charge is 0.190 e. The van der Waals surface area contributed by atoms with Crippen molar-refractivity contribution in [3.05, 3.63) is 11.6 Å². The Morgan fingerprint density at radius 3 is 2.56 bits per heavy atom. The minimum Gasteiger partial charge on any atom is -0.388 e. The zero-order valence-electron chi connectivity index (χ0n) is 15.9. The first-order valence-electron chi connectivity index (χ1n) is 9.87. The molecular formula is C21H27FO5. The van der Waals surface area contributed by atoms with Gasteiger partial charge in [-0.25, -0.2) is 4.39 Å². The summed E-state index contributed by atoms with van der Waals surface area (Å²) >= 11 is 0. The molecule has 0 unspecified atom stereocenters. The van der Waals surface area contributed by atoms with E-state index in [0.717, 1.165) is 5.57 Å². The second-order valence-corrected chi connectivity index (χ2v) is 9.43. The Labute approximate surface area is 158 Å². The van der Waals surface area contributed by atoms with Gasteiger partial charge in [-0.15, -0.1) is 0 Å². The van der Waals surface area contributed by atoms with Crippen molar-refractivity contribution in [1.29, 1.82) is 0 Å². The highest BCUT2D eigenvalue weighted by atomic mass is 19.1. The molecule has 4 aliphatic rings. The lowest BCUT2D eigenvalue weighted by atomic mass is 9.44. The Morgan fingerprint density at radius 2 is 1.89 bits per heavy atom. The first-order chi connectivity index (χ1) is 12.5. The highest BCUT2D eigenvalue weighted by molar-refractivity contribution is 5.97. The first-order valence-corrected chi connectivity index (χ1v) is 9.87. The Balaban J connectivity index is 1.81. The van der Waals surface area contributed by atoms with Gasteiger partial charge in [0, 0.05) is 29.6 Å². The molecule has 0 aromatic carbocycles. The van der Waals surface area contributed by atoms with Crippen LogP contribution in [0, 0.1) is 22.7 Å². The predicted octanol–water partition coefficient (Wildman–Crippen LogP) is 2.08. The van der Waals surface area contributed by atoms with Gasteiger partial charge >= 0.3 is 0 Å². The van der Waals surface area contributed by atoms with Crippen molar-refractivity contribution in [3.63, 3.8) is 0 Å². The van der Waals surface area contributed by atoms with Crippen LogP contribution in [0.2, 0.25) is 0 Å². The lowest BCUT2D eigenvalue weighted by Crippen LogP contribution is -2.68. The fraction of sp³-hybridized carbons (Fsp3) is 0.762. The molecule has 0 spiro atoms. The summed E-state index contributed by atoms with van der Waals surface area (Å²) in [4.78, 5) is 37.4. The number of aliphatic hydroxyl groups excluding tert-OH is 1. The lowest BCUT2D eigenvalue weighted by molar-refractivity contribution is -0.189. The van der Waals surface area contributed by atoms with E-state index in [1.807, 2.05) is 0 Å². The van der Waals surface area contributed by atoms with Crippen LogP contribution in [0.25, 0.3) is 0 Å². The van der Waals surface area contributed by atoms with E-state index in [0.29, 0.717) is 25.7 Å². The average molecular weight is 378 g/mol. The van der Waals surface area contributed by atoms with E-state index in [-0.39, 0.29) is 31.0 Å². The minimum absolute atomic E-state index is 0.0126. The Bertz CT molecular complexity index is 775. The number of aliphatic hydroxyl groups is 2. The molecule has 0 bridgehead atoms. The van der Waals surface area contributed by atoms with E-state index in [2.05, 4.69) is 0 Å². The molecule has 0 heterocycles. The molecule has 0 aliphatic heterocycles. The molecule has 4 aliphatic carbocycles. The molecule has 3 fully saturated rings. The second kappa shape index (κ2) is 5.57. The molecule has 0 aromatic heterocycles. The third kappa shape index (κ3) is 2.03. The molecule has 27 heavy (non-hydrogen) atoms. The Hall–Kier alpha value is -1.40. The largest absolute Gasteiger partial charge is 0.388 e. The molecular weight excluding hydrogens is 351 g/mol. The van der Waals surface area contributed by atoms with Crippen molar-refractivity contribution in [2.24, 2.45) is 22.7 Å². The predicted molar refractivity (Wildman–Crippen MR) is 94.5 cm³/mol. The van der Waals surface area contributed by atoms with E-state index in [1.165, 1.54) is 6.08 Å². The fourth-order valence-electron chi connectivity index (χ4n) is 6.88. The van der Waals surface area contributed by atoms with Crippen LogP contribution in [-0.4, -0.2) is 45.4 Å². The summed E-state index contributed by atoms with van der Waals surface area (Å²) in [6, 6.07) is 0. The number of fused-ring (bicyclic) bond motifs is 5. The number of carbonyl (C=O) groups excluding carboxylic acids is 3. The molecule has 6 heteroatoms. The third-order valence-corrected chi connectivity index (χ3v) is 8.56. The summed E-state index contributed by atoms with van der Waals surface area (Å²) in [5.74, 6) is -2.16. The Morgan fingerprint density at radius 1 is 1.19 bits per heavy atom. The van der Waals surface area contributed by atoms with Crippen LogP contribution in [0.15, 0.2) is 11.6 Å². The van der Waals surface area contributed by atoms with Crippen molar-refractivity contribution < 1.29 is 29.0 Å². The van der Waals surface area contributed by atoms with Gasteiger partial charge in [0.1, 0.15) is 12.2 Å². The normalized spacial score (nSPS) is 49.1. The molecule has 148 valence electrons. The highest BCUT2D eigenvalue weighted by Gasteiger charge is 2.74. The van der Waals surface area contributed by atoms with Crippen LogP contribution >= 0.6 is 0 Å².